The van der Waals surface area contributed by atoms with Crippen molar-refractivity contribution in [2.75, 3.05) is 6.54 Å². The van der Waals surface area contributed by atoms with E-state index in [1.807, 2.05) is 0 Å². The first-order valence-corrected chi connectivity index (χ1v) is 7.62. The lowest BCUT2D eigenvalue weighted by molar-refractivity contribution is -0.129. The van der Waals surface area contributed by atoms with Crippen LogP contribution in [0, 0.1) is 0 Å². The van der Waals surface area contributed by atoms with E-state index in [4.69, 9.17) is 16.0 Å². The van der Waals surface area contributed by atoms with E-state index in [1.165, 1.54) is 6.08 Å². The Kier molecular flexibility index (Phi) is 4.22. The molecule has 2 aromatic rings. The molecule has 1 N–H and O–H groups in total. The van der Waals surface area contributed by atoms with Gasteiger partial charge in [-0.1, -0.05) is 11.6 Å². The maximum Gasteiger partial charge on any atom is 0.331 e. The Morgan fingerprint density at radius 2 is 1.83 bits per heavy atom. The average Bonchev–Trinajstić information content (AvgIpc) is 3.01. The van der Waals surface area contributed by atoms with Crippen molar-refractivity contribution in [3.63, 3.8) is 0 Å². The van der Waals surface area contributed by atoms with E-state index < -0.39 is 17.8 Å². The van der Waals surface area contributed by atoms with Gasteiger partial charge in [-0.2, -0.15) is 0 Å². The van der Waals surface area contributed by atoms with Crippen molar-refractivity contribution in [3.8, 4) is 11.3 Å². The lowest BCUT2D eigenvalue weighted by Gasteiger charge is -2.24. The standard InChI is InChI=1S/C17H13ClN2O4/c1-2-20-16(22)13(15(21)19-17(20)23)9-12-7-8-14(24-12)10-3-5-11(18)6-4-10/h3-9H,2H2,1H3,(H,19,21,23). The minimum atomic E-state index is -0.737. The summed E-state index contributed by atoms with van der Waals surface area (Å²) >= 11 is 5.85. The molecule has 122 valence electrons. The molecule has 1 fully saturated rings. The van der Waals surface area contributed by atoms with Crippen LogP contribution in [-0.2, 0) is 9.59 Å². The van der Waals surface area contributed by atoms with E-state index in [2.05, 4.69) is 5.32 Å². The maximum atomic E-state index is 12.2. The first-order valence-electron chi connectivity index (χ1n) is 7.24. The first-order chi connectivity index (χ1) is 11.5. The van der Waals surface area contributed by atoms with Crippen molar-refractivity contribution >= 4 is 35.5 Å². The second kappa shape index (κ2) is 6.33. The summed E-state index contributed by atoms with van der Waals surface area (Å²) in [6, 6.07) is 9.72. The summed E-state index contributed by atoms with van der Waals surface area (Å²) in [4.78, 5) is 36.6. The van der Waals surface area contributed by atoms with Gasteiger partial charge in [0.15, 0.2) is 0 Å². The number of halogens is 1. The van der Waals surface area contributed by atoms with Crippen LogP contribution >= 0.6 is 11.6 Å². The van der Waals surface area contributed by atoms with Gasteiger partial charge in [0, 0.05) is 17.1 Å². The highest BCUT2D eigenvalue weighted by molar-refractivity contribution is 6.31. The highest BCUT2D eigenvalue weighted by atomic mass is 35.5. The van der Waals surface area contributed by atoms with Gasteiger partial charge in [0.05, 0.1) is 0 Å². The quantitative estimate of drug-likeness (QED) is 0.685. The lowest BCUT2D eigenvalue weighted by Crippen LogP contribution is -2.53. The molecule has 1 aromatic carbocycles. The molecule has 0 aliphatic carbocycles. The van der Waals surface area contributed by atoms with Crippen molar-refractivity contribution in [3.05, 3.63) is 52.8 Å². The third kappa shape index (κ3) is 2.96. The molecule has 1 saturated heterocycles. The number of nitrogens with zero attached hydrogens (tertiary/aromatic N) is 1. The molecule has 4 amide bonds. The molecule has 0 bridgehead atoms. The van der Waals surface area contributed by atoms with E-state index in [1.54, 1.807) is 43.3 Å². The summed E-state index contributed by atoms with van der Waals surface area (Å²) in [5.74, 6) is -0.468. The summed E-state index contributed by atoms with van der Waals surface area (Å²) in [6.45, 7) is 1.82. The molecule has 1 aliphatic heterocycles. The zero-order valence-electron chi connectivity index (χ0n) is 12.7. The molecular formula is C17H13ClN2O4. The number of carbonyl (C=O) groups excluding carboxylic acids is 3. The van der Waals surface area contributed by atoms with Crippen molar-refractivity contribution < 1.29 is 18.8 Å². The van der Waals surface area contributed by atoms with Gasteiger partial charge < -0.3 is 4.42 Å². The van der Waals surface area contributed by atoms with Crippen molar-refractivity contribution in [2.24, 2.45) is 0 Å². The van der Waals surface area contributed by atoms with Gasteiger partial charge >= 0.3 is 6.03 Å². The number of amides is 4. The molecule has 24 heavy (non-hydrogen) atoms. The van der Waals surface area contributed by atoms with Crippen LogP contribution in [0.3, 0.4) is 0 Å². The summed E-state index contributed by atoms with van der Waals surface area (Å²) in [7, 11) is 0. The summed E-state index contributed by atoms with van der Waals surface area (Å²) in [5.41, 5.74) is 0.669. The third-order valence-corrected chi connectivity index (χ3v) is 3.80. The molecule has 6 nitrogen and oxygen atoms in total. The normalized spacial score (nSPS) is 16.7. The minimum absolute atomic E-state index is 0.145. The predicted octanol–water partition coefficient (Wildman–Crippen LogP) is 3.08. The monoisotopic (exact) mass is 344 g/mol. The second-order valence-corrected chi connectivity index (χ2v) is 5.51. The Hall–Kier alpha value is -2.86. The molecular weight excluding hydrogens is 332 g/mol. The highest BCUT2D eigenvalue weighted by Crippen LogP contribution is 2.25. The van der Waals surface area contributed by atoms with Crippen molar-refractivity contribution in [1.29, 1.82) is 0 Å². The van der Waals surface area contributed by atoms with Gasteiger partial charge in [-0.3, -0.25) is 19.8 Å². The Bertz CT molecular complexity index is 852. The van der Waals surface area contributed by atoms with Crippen LogP contribution in [0.15, 0.2) is 46.4 Å². The predicted molar refractivity (Wildman–Crippen MR) is 88.1 cm³/mol. The molecule has 7 heteroatoms. The largest absolute Gasteiger partial charge is 0.457 e. The second-order valence-electron chi connectivity index (χ2n) is 5.08. The number of furan rings is 1. The van der Waals surface area contributed by atoms with Crippen LogP contribution < -0.4 is 5.32 Å². The van der Waals surface area contributed by atoms with Crippen LogP contribution in [0.4, 0.5) is 4.79 Å². The number of benzene rings is 1. The smallest absolute Gasteiger partial charge is 0.331 e. The van der Waals surface area contributed by atoms with E-state index >= 15 is 0 Å². The number of barbiturate groups is 1. The molecule has 0 radical (unpaired) electrons. The minimum Gasteiger partial charge on any atom is -0.457 e. The molecule has 0 unspecified atom stereocenters. The highest BCUT2D eigenvalue weighted by Gasteiger charge is 2.34. The Labute approximate surface area is 142 Å². The third-order valence-electron chi connectivity index (χ3n) is 3.54. The van der Waals surface area contributed by atoms with Crippen molar-refractivity contribution in [2.45, 2.75) is 6.92 Å². The number of nitrogens with one attached hydrogen (secondary N) is 1. The summed E-state index contributed by atoms with van der Waals surface area (Å²) in [5, 5.41) is 2.74. The number of carbonyl (C=O) groups is 3. The molecule has 0 spiro atoms. The van der Waals surface area contributed by atoms with Crippen molar-refractivity contribution in [1.82, 2.24) is 10.2 Å². The number of likely N-dealkylation sites (N-methyl/N-ethyl adjacent to an activating group) is 1. The fourth-order valence-corrected chi connectivity index (χ4v) is 2.45. The molecule has 3 rings (SSSR count). The van der Waals surface area contributed by atoms with Crippen LogP contribution in [0.2, 0.25) is 5.02 Å². The lowest BCUT2D eigenvalue weighted by atomic mass is 10.1. The first kappa shape index (κ1) is 16.0. The Balaban J connectivity index is 1.91. The van der Waals surface area contributed by atoms with Gasteiger partial charge in [-0.15, -0.1) is 0 Å². The fourth-order valence-electron chi connectivity index (χ4n) is 2.32. The zero-order valence-corrected chi connectivity index (χ0v) is 13.5. The molecule has 0 atom stereocenters. The number of rotatable bonds is 3. The molecule has 1 aromatic heterocycles. The molecule has 0 saturated carbocycles. The van der Waals surface area contributed by atoms with Gasteiger partial charge in [0.25, 0.3) is 11.8 Å². The van der Waals surface area contributed by atoms with Crippen LogP contribution in [0.5, 0.6) is 0 Å². The summed E-state index contributed by atoms with van der Waals surface area (Å²) in [6.07, 6.45) is 1.33. The maximum absolute atomic E-state index is 12.2. The SMILES string of the molecule is CCN1C(=O)NC(=O)C(=Cc2ccc(-c3ccc(Cl)cc3)o2)C1=O. The Morgan fingerprint density at radius 3 is 2.50 bits per heavy atom. The van der Waals surface area contributed by atoms with Crippen LogP contribution in [0.1, 0.15) is 12.7 Å². The number of urea groups is 1. The van der Waals surface area contributed by atoms with Gasteiger partial charge in [0.1, 0.15) is 17.1 Å². The van der Waals surface area contributed by atoms with Gasteiger partial charge in [0.2, 0.25) is 0 Å². The zero-order chi connectivity index (χ0) is 17.3. The topological polar surface area (TPSA) is 79.6 Å². The molecule has 1 aliphatic rings. The van der Waals surface area contributed by atoms with E-state index in [9.17, 15) is 14.4 Å². The van der Waals surface area contributed by atoms with Crippen LogP contribution in [-0.4, -0.2) is 29.3 Å². The Morgan fingerprint density at radius 1 is 1.12 bits per heavy atom. The number of hydrogen-bond acceptors (Lipinski definition) is 4. The van der Waals surface area contributed by atoms with Crippen LogP contribution in [0.25, 0.3) is 17.4 Å². The van der Waals surface area contributed by atoms with E-state index in [-0.39, 0.29) is 12.1 Å². The number of imide groups is 2. The van der Waals surface area contributed by atoms with Gasteiger partial charge in [-0.05, 0) is 49.4 Å². The van der Waals surface area contributed by atoms with E-state index in [0.29, 0.717) is 16.5 Å². The van der Waals surface area contributed by atoms with E-state index in [0.717, 1.165) is 10.5 Å². The fraction of sp³-hybridized carbons (Fsp3) is 0.118. The summed E-state index contributed by atoms with van der Waals surface area (Å²) < 4.78 is 5.65. The van der Waals surface area contributed by atoms with Gasteiger partial charge in [-0.25, -0.2) is 4.79 Å². The molecule has 2 heterocycles. The number of hydrogen-bond donors (Lipinski definition) is 1. The average molecular weight is 345 g/mol.